The lowest BCUT2D eigenvalue weighted by Crippen LogP contribution is -2.28. The molecule has 13 heteroatoms. The number of alkyl halides is 3. The molecular weight excluding hydrogens is 493 g/mol. The maximum absolute atomic E-state index is 14.2. The molecule has 8 N–H and O–H groups in total. The van der Waals surface area contributed by atoms with E-state index in [1.54, 1.807) is 0 Å². The van der Waals surface area contributed by atoms with Gasteiger partial charge in [-0.2, -0.15) is 13.2 Å². The van der Waals surface area contributed by atoms with Crippen LogP contribution in [0.4, 0.5) is 13.2 Å². The monoisotopic (exact) mass is 510 g/mol. The van der Waals surface area contributed by atoms with Crippen molar-refractivity contribution in [3.05, 3.63) is 58.1 Å². The van der Waals surface area contributed by atoms with Crippen molar-refractivity contribution in [1.29, 1.82) is 0 Å². The highest BCUT2D eigenvalue weighted by Crippen LogP contribution is 2.55. The molecule has 0 amide bonds. The van der Waals surface area contributed by atoms with Gasteiger partial charge in [-0.05, 0) is 24.6 Å². The number of aromatic carboxylic acids is 1. The van der Waals surface area contributed by atoms with Crippen LogP contribution in [0.2, 0.25) is 0 Å². The van der Waals surface area contributed by atoms with Crippen molar-refractivity contribution in [1.82, 2.24) is 0 Å². The first-order valence-corrected chi connectivity index (χ1v) is 10.1. The van der Waals surface area contributed by atoms with Crippen molar-refractivity contribution in [3.63, 3.8) is 0 Å². The zero-order valence-corrected chi connectivity index (χ0v) is 17.8. The number of phenolic OH excluding ortho intramolecular Hbond substituents is 7. The Labute approximate surface area is 198 Å². The fraction of sp³-hybridized carbons (Fsp3) is 0.174. The number of carboxylic acid groups (broad SMARTS) is 1. The minimum atomic E-state index is -5.35. The van der Waals surface area contributed by atoms with Crippen LogP contribution in [0.5, 0.6) is 46.0 Å². The third-order valence-corrected chi connectivity index (χ3v) is 5.84. The SMILES string of the molecule is O=C(O)c1cc(O)c(O)c(C2Cc3c(O)cc(O)cc3O[C@H]2c2cc(O)c(O)c(O)c2)c1C(F)(F)F. The van der Waals surface area contributed by atoms with E-state index < -0.39 is 87.5 Å². The highest BCUT2D eigenvalue weighted by Gasteiger charge is 2.46. The van der Waals surface area contributed by atoms with Crippen LogP contribution in [0.3, 0.4) is 0 Å². The number of aromatic hydroxyl groups is 7. The van der Waals surface area contributed by atoms with E-state index in [2.05, 4.69) is 0 Å². The third kappa shape index (κ3) is 3.93. The average Bonchev–Trinajstić information content (AvgIpc) is 2.77. The molecule has 0 fully saturated rings. The van der Waals surface area contributed by atoms with Gasteiger partial charge < -0.3 is 45.6 Å². The second kappa shape index (κ2) is 8.22. The highest BCUT2D eigenvalue weighted by atomic mass is 19.4. The number of fused-ring (bicyclic) bond motifs is 1. The van der Waals surface area contributed by atoms with E-state index in [9.17, 15) is 58.8 Å². The van der Waals surface area contributed by atoms with E-state index in [-0.39, 0.29) is 22.9 Å². The lowest BCUT2D eigenvalue weighted by atomic mass is 9.78. The van der Waals surface area contributed by atoms with Crippen LogP contribution in [0.15, 0.2) is 30.3 Å². The molecule has 4 rings (SSSR count). The molecular formula is C23H17F3O10. The van der Waals surface area contributed by atoms with Gasteiger partial charge in [-0.1, -0.05) is 0 Å². The Morgan fingerprint density at radius 2 is 1.42 bits per heavy atom. The number of benzene rings is 3. The number of ether oxygens (including phenoxy) is 1. The summed E-state index contributed by atoms with van der Waals surface area (Å²) in [5.41, 5.74) is -4.60. The molecule has 0 aliphatic carbocycles. The van der Waals surface area contributed by atoms with Crippen molar-refractivity contribution in [2.45, 2.75) is 24.6 Å². The molecule has 1 unspecified atom stereocenters. The summed E-state index contributed by atoms with van der Waals surface area (Å²) in [6.07, 6.45) is -7.53. The third-order valence-electron chi connectivity index (χ3n) is 5.84. The fourth-order valence-corrected chi connectivity index (χ4v) is 4.33. The summed E-state index contributed by atoms with van der Waals surface area (Å²) in [5, 5.41) is 79.8. The van der Waals surface area contributed by atoms with Gasteiger partial charge >= 0.3 is 12.1 Å². The first-order valence-electron chi connectivity index (χ1n) is 10.1. The Morgan fingerprint density at radius 3 is 1.97 bits per heavy atom. The van der Waals surface area contributed by atoms with Crippen molar-refractivity contribution >= 4 is 5.97 Å². The molecule has 1 aliphatic heterocycles. The zero-order valence-electron chi connectivity index (χ0n) is 17.8. The van der Waals surface area contributed by atoms with Crippen LogP contribution in [0.25, 0.3) is 0 Å². The first-order chi connectivity index (χ1) is 16.7. The Balaban J connectivity index is 2.07. The Morgan fingerprint density at radius 1 is 0.833 bits per heavy atom. The molecule has 0 bridgehead atoms. The molecule has 0 spiro atoms. The molecule has 36 heavy (non-hydrogen) atoms. The largest absolute Gasteiger partial charge is 0.508 e. The zero-order chi connectivity index (χ0) is 26.7. The van der Waals surface area contributed by atoms with Gasteiger partial charge in [-0.25, -0.2) is 4.79 Å². The summed E-state index contributed by atoms with van der Waals surface area (Å²) in [7, 11) is 0. The van der Waals surface area contributed by atoms with Crippen LogP contribution >= 0.6 is 0 Å². The van der Waals surface area contributed by atoms with Crippen LogP contribution in [-0.4, -0.2) is 46.8 Å². The van der Waals surface area contributed by atoms with E-state index in [4.69, 9.17) is 4.74 Å². The van der Waals surface area contributed by atoms with Crippen LogP contribution in [0.1, 0.15) is 44.6 Å². The number of phenols is 7. The van der Waals surface area contributed by atoms with Crippen molar-refractivity contribution in [2.75, 3.05) is 0 Å². The van der Waals surface area contributed by atoms with Crippen molar-refractivity contribution < 1.29 is 63.6 Å². The van der Waals surface area contributed by atoms with Crippen LogP contribution in [0, 0.1) is 0 Å². The Hall–Kier alpha value is -4.68. The maximum atomic E-state index is 14.2. The number of halogens is 3. The normalized spacial score (nSPS) is 17.3. The molecule has 0 radical (unpaired) electrons. The lowest BCUT2D eigenvalue weighted by Gasteiger charge is -2.36. The van der Waals surface area contributed by atoms with Gasteiger partial charge in [0.05, 0.1) is 11.1 Å². The lowest BCUT2D eigenvalue weighted by molar-refractivity contribution is -0.139. The smallest absolute Gasteiger partial charge is 0.417 e. The van der Waals surface area contributed by atoms with Gasteiger partial charge in [-0.15, -0.1) is 0 Å². The average molecular weight is 510 g/mol. The topological polar surface area (TPSA) is 188 Å². The van der Waals surface area contributed by atoms with Gasteiger partial charge in [0.15, 0.2) is 28.7 Å². The van der Waals surface area contributed by atoms with Gasteiger partial charge in [0.1, 0.15) is 23.4 Å². The molecule has 10 nitrogen and oxygen atoms in total. The van der Waals surface area contributed by atoms with Gasteiger partial charge in [0.25, 0.3) is 0 Å². The highest BCUT2D eigenvalue weighted by molar-refractivity contribution is 5.91. The molecule has 2 atom stereocenters. The molecule has 1 aliphatic rings. The van der Waals surface area contributed by atoms with E-state index in [1.807, 2.05) is 0 Å². The van der Waals surface area contributed by atoms with Gasteiger partial charge in [0.2, 0.25) is 0 Å². The molecule has 0 aromatic heterocycles. The predicted molar refractivity (Wildman–Crippen MR) is 113 cm³/mol. The fourth-order valence-electron chi connectivity index (χ4n) is 4.33. The van der Waals surface area contributed by atoms with Crippen molar-refractivity contribution in [3.8, 4) is 46.0 Å². The summed E-state index contributed by atoms with van der Waals surface area (Å²) in [4.78, 5) is 11.6. The maximum Gasteiger partial charge on any atom is 0.417 e. The molecule has 0 saturated carbocycles. The van der Waals surface area contributed by atoms with Gasteiger partial charge in [-0.3, -0.25) is 0 Å². The molecule has 3 aromatic rings. The summed E-state index contributed by atoms with van der Waals surface area (Å²) >= 11 is 0. The Kier molecular flexibility index (Phi) is 5.58. The summed E-state index contributed by atoms with van der Waals surface area (Å²) in [5.74, 6) is -10.2. The summed E-state index contributed by atoms with van der Waals surface area (Å²) in [6, 6.07) is 3.86. The molecule has 0 saturated heterocycles. The van der Waals surface area contributed by atoms with E-state index in [0.29, 0.717) is 0 Å². The minimum absolute atomic E-state index is 0.117. The number of carbonyl (C=O) groups is 1. The second-order valence-corrected chi connectivity index (χ2v) is 8.08. The van der Waals surface area contributed by atoms with E-state index in [0.717, 1.165) is 24.3 Å². The van der Waals surface area contributed by atoms with Crippen molar-refractivity contribution in [2.24, 2.45) is 0 Å². The Bertz CT molecular complexity index is 1380. The van der Waals surface area contributed by atoms with E-state index in [1.165, 1.54) is 0 Å². The number of hydrogen-bond acceptors (Lipinski definition) is 9. The number of rotatable bonds is 3. The minimum Gasteiger partial charge on any atom is -0.508 e. The number of hydrogen-bond donors (Lipinski definition) is 8. The standard InChI is InChI=1S/C23H17F3O10/c24-23(25,26)18-11(22(34)35)6-15(31)20(33)17(18)10-5-9-12(28)3-8(27)4-16(9)36-21(10)7-1-13(29)19(32)14(30)2-7/h1-4,6,10,21,27-33H,5H2,(H,34,35)/t10?,21-/m0/s1. The molecule has 190 valence electrons. The summed E-state index contributed by atoms with van der Waals surface area (Å²) < 4.78 is 48.3. The molecule has 3 aromatic carbocycles. The number of carboxylic acids is 1. The quantitative estimate of drug-likeness (QED) is 0.241. The predicted octanol–water partition coefficient (Wildman–Crippen LogP) is 3.80. The molecule has 1 heterocycles. The first kappa shape index (κ1) is 24.4. The van der Waals surface area contributed by atoms with Crippen LogP contribution < -0.4 is 4.74 Å². The van der Waals surface area contributed by atoms with Crippen LogP contribution in [-0.2, 0) is 12.6 Å². The second-order valence-electron chi connectivity index (χ2n) is 8.08. The van der Waals surface area contributed by atoms with E-state index >= 15 is 0 Å². The summed E-state index contributed by atoms with van der Waals surface area (Å²) in [6.45, 7) is 0. The van der Waals surface area contributed by atoms with Gasteiger partial charge in [0, 0.05) is 34.7 Å².